The van der Waals surface area contributed by atoms with Crippen LogP contribution in [-0.4, -0.2) is 34.1 Å². The number of anilines is 1. The molecule has 4 aromatic rings. The van der Waals surface area contributed by atoms with E-state index in [1.807, 2.05) is 24.3 Å². The van der Waals surface area contributed by atoms with Crippen molar-refractivity contribution in [1.82, 2.24) is 9.38 Å². The number of imidazole rings is 1. The van der Waals surface area contributed by atoms with E-state index in [0.717, 1.165) is 24.2 Å². The average Bonchev–Trinajstić information content (AvgIpc) is 3.47. The van der Waals surface area contributed by atoms with E-state index in [1.165, 1.54) is 22.8 Å². The third-order valence-electron chi connectivity index (χ3n) is 5.40. The molecule has 2 aromatic heterocycles. The molecule has 3 heterocycles. The van der Waals surface area contributed by atoms with Crippen molar-refractivity contribution in [3.63, 3.8) is 0 Å². The lowest BCUT2D eigenvalue weighted by molar-refractivity contribution is -0.117. The molecule has 0 spiro atoms. The Labute approximate surface area is 191 Å². The summed E-state index contributed by atoms with van der Waals surface area (Å²) in [6, 6.07) is 10.8. The molecule has 1 aliphatic rings. The van der Waals surface area contributed by atoms with Crippen LogP contribution >= 0.6 is 22.9 Å². The zero-order valence-electron chi connectivity index (χ0n) is 17.0. The van der Waals surface area contributed by atoms with E-state index in [1.54, 1.807) is 29.3 Å². The third kappa shape index (κ3) is 3.51. The molecule has 0 unspecified atom stereocenters. The van der Waals surface area contributed by atoms with Crippen molar-refractivity contribution < 1.29 is 14.6 Å². The van der Waals surface area contributed by atoms with Gasteiger partial charge in [-0.2, -0.15) is 0 Å². The number of carbonyl (C=O) groups is 1. The van der Waals surface area contributed by atoms with E-state index in [9.17, 15) is 14.7 Å². The van der Waals surface area contributed by atoms with Gasteiger partial charge in [0, 0.05) is 30.4 Å². The Kier molecular flexibility index (Phi) is 5.11. The lowest BCUT2D eigenvalue weighted by Crippen LogP contribution is -2.23. The number of ether oxygens (including phenoxy) is 1. The van der Waals surface area contributed by atoms with Crippen molar-refractivity contribution >= 4 is 45.6 Å². The fourth-order valence-corrected chi connectivity index (χ4v) is 4.98. The van der Waals surface area contributed by atoms with Crippen molar-refractivity contribution in [2.75, 3.05) is 18.6 Å². The molecule has 7 nitrogen and oxygen atoms in total. The number of hydrogen-bond donors (Lipinski definition) is 1. The molecule has 5 rings (SSSR count). The zero-order valence-corrected chi connectivity index (χ0v) is 18.6. The van der Waals surface area contributed by atoms with E-state index in [0.29, 0.717) is 27.2 Å². The largest absolute Gasteiger partial charge is 0.503 e. The summed E-state index contributed by atoms with van der Waals surface area (Å²) in [5, 5.41) is 10.0. The number of phenols is 1. The first-order valence-electron chi connectivity index (χ1n) is 9.95. The Morgan fingerprint density at radius 3 is 2.81 bits per heavy atom. The number of nitrogens with zero attached hydrogens (tertiary/aromatic N) is 3. The Balaban J connectivity index is 1.53. The van der Waals surface area contributed by atoms with Gasteiger partial charge in [0.1, 0.15) is 0 Å². The molecule has 32 heavy (non-hydrogen) atoms. The summed E-state index contributed by atoms with van der Waals surface area (Å²) < 4.78 is 7.12. The predicted octanol–water partition coefficient (Wildman–Crippen LogP) is 3.47. The molecule has 0 aliphatic carbocycles. The lowest BCUT2D eigenvalue weighted by Gasteiger charge is -2.16. The number of methoxy groups -OCH3 is 1. The van der Waals surface area contributed by atoms with Crippen LogP contribution < -0.4 is 19.7 Å². The maximum atomic E-state index is 12.9. The van der Waals surface area contributed by atoms with Crippen LogP contribution in [0.5, 0.6) is 11.5 Å². The van der Waals surface area contributed by atoms with Gasteiger partial charge < -0.3 is 14.7 Å². The number of hydrogen-bond acceptors (Lipinski definition) is 6. The van der Waals surface area contributed by atoms with Crippen molar-refractivity contribution in [3.05, 3.63) is 68.1 Å². The summed E-state index contributed by atoms with van der Waals surface area (Å²) in [6.07, 6.45) is 4.83. The fraction of sp³-hybridized carbons (Fsp3) is 0.174. The van der Waals surface area contributed by atoms with Crippen LogP contribution in [0.1, 0.15) is 18.4 Å². The normalized spacial score (nSPS) is 14.6. The Morgan fingerprint density at radius 1 is 1.25 bits per heavy atom. The fourth-order valence-electron chi connectivity index (χ4n) is 3.81. The lowest BCUT2D eigenvalue weighted by atomic mass is 10.1. The summed E-state index contributed by atoms with van der Waals surface area (Å²) in [6.45, 7) is 0.719. The number of thiazole rings is 1. The van der Waals surface area contributed by atoms with E-state index in [2.05, 4.69) is 4.98 Å². The van der Waals surface area contributed by atoms with Gasteiger partial charge >= 0.3 is 0 Å². The number of aromatic hydroxyl groups is 1. The smallest absolute Gasteiger partial charge is 0.274 e. The van der Waals surface area contributed by atoms with Gasteiger partial charge in [0.15, 0.2) is 16.5 Å². The zero-order chi connectivity index (χ0) is 22.4. The van der Waals surface area contributed by atoms with Crippen LogP contribution in [-0.2, 0) is 4.79 Å². The van der Waals surface area contributed by atoms with Crippen LogP contribution in [0, 0.1) is 0 Å². The molecule has 1 saturated heterocycles. The first kappa shape index (κ1) is 20.5. The van der Waals surface area contributed by atoms with E-state index >= 15 is 0 Å². The second-order valence-electron chi connectivity index (χ2n) is 7.45. The highest BCUT2D eigenvalue weighted by atomic mass is 35.5. The summed E-state index contributed by atoms with van der Waals surface area (Å²) in [7, 11) is 1.43. The number of fused-ring (bicyclic) bond motifs is 1. The molecule has 0 saturated carbocycles. The highest BCUT2D eigenvalue weighted by molar-refractivity contribution is 7.15. The molecule has 1 aliphatic heterocycles. The maximum absolute atomic E-state index is 12.9. The second kappa shape index (κ2) is 7.96. The van der Waals surface area contributed by atoms with Crippen molar-refractivity contribution in [2.45, 2.75) is 12.8 Å². The van der Waals surface area contributed by atoms with Gasteiger partial charge in [0.05, 0.1) is 22.4 Å². The number of amides is 1. The SMILES string of the molecule is COc1cc(C=c2sc3nc(-c4cccc(N5CCCC5=O)c4)cn3c2=O)cc(Cl)c1O. The first-order valence-corrected chi connectivity index (χ1v) is 11.1. The number of rotatable bonds is 4. The monoisotopic (exact) mass is 467 g/mol. The van der Waals surface area contributed by atoms with E-state index < -0.39 is 0 Å². The van der Waals surface area contributed by atoms with Crippen LogP contribution in [0.4, 0.5) is 5.69 Å². The molecule has 0 radical (unpaired) electrons. The number of phenolic OH excluding ortho intramolecular Hbond substituents is 1. The van der Waals surface area contributed by atoms with Gasteiger partial charge in [-0.05, 0) is 42.3 Å². The van der Waals surface area contributed by atoms with Crippen molar-refractivity contribution in [2.24, 2.45) is 0 Å². The van der Waals surface area contributed by atoms with E-state index in [-0.39, 0.29) is 28.0 Å². The second-order valence-corrected chi connectivity index (χ2v) is 8.86. The third-order valence-corrected chi connectivity index (χ3v) is 6.67. The van der Waals surface area contributed by atoms with Gasteiger partial charge in [-0.25, -0.2) is 4.98 Å². The van der Waals surface area contributed by atoms with Gasteiger partial charge in [0.2, 0.25) is 5.91 Å². The highest BCUT2D eigenvalue weighted by Crippen LogP contribution is 2.35. The average molecular weight is 468 g/mol. The molecule has 0 atom stereocenters. The van der Waals surface area contributed by atoms with Crippen molar-refractivity contribution in [1.29, 1.82) is 0 Å². The highest BCUT2D eigenvalue weighted by Gasteiger charge is 2.22. The van der Waals surface area contributed by atoms with Crippen LogP contribution in [0.2, 0.25) is 5.02 Å². The van der Waals surface area contributed by atoms with Crippen molar-refractivity contribution in [3.8, 4) is 22.8 Å². The maximum Gasteiger partial charge on any atom is 0.274 e. The molecular weight excluding hydrogens is 450 g/mol. The predicted molar refractivity (Wildman–Crippen MR) is 125 cm³/mol. The molecular formula is C23H18ClN3O4S. The Morgan fingerprint density at radius 2 is 2.09 bits per heavy atom. The standard InChI is InChI=1S/C23H18ClN3O4S/c1-31-18-9-13(8-16(24)21(18)29)10-19-22(30)27-12-17(25-23(27)32-19)14-4-2-5-15(11-14)26-7-3-6-20(26)28/h2,4-5,8-12,29H,3,6-7H2,1H3. The minimum absolute atomic E-state index is 0.126. The van der Waals surface area contributed by atoms with E-state index in [4.69, 9.17) is 16.3 Å². The molecule has 9 heteroatoms. The number of aromatic nitrogens is 2. The van der Waals surface area contributed by atoms with Crippen LogP contribution in [0.15, 0.2) is 47.4 Å². The first-order chi connectivity index (χ1) is 15.4. The topological polar surface area (TPSA) is 84.1 Å². The van der Waals surface area contributed by atoms with Gasteiger partial charge in [-0.15, -0.1) is 0 Å². The summed E-state index contributed by atoms with van der Waals surface area (Å²) in [5.41, 5.74) is 2.80. The summed E-state index contributed by atoms with van der Waals surface area (Å²) in [4.78, 5) is 32.0. The molecule has 162 valence electrons. The van der Waals surface area contributed by atoms with Crippen LogP contribution in [0.25, 0.3) is 22.3 Å². The molecule has 1 N–H and O–H groups in total. The Bertz CT molecular complexity index is 1480. The summed E-state index contributed by atoms with van der Waals surface area (Å²) >= 11 is 7.31. The summed E-state index contributed by atoms with van der Waals surface area (Å²) in [5.74, 6) is 0.217. The number of carbonyl (C=O) groups excluding carboxylic acids is 1. The number of benzene rings is 2. The van der Waals surface area contributed by atoms with Gasteiger partial charge in [0.25, 0.3) is 5.56 Å². The quantitative estimate of drug-likeness (QED) is 0.497. The Hall–Kier alpha value is -3.36. The molecule has 0 bridgehead atoms. The molecule has 2 aromatic carbocycles. The molecule has 1 fully saturated rings. The van der Waals surface area contributed by atoms with Crippen LogP contribution in [0.3, 0.4) is 0 Å². The molecule has 1 amide bonds. The van der Waals surface area contributed by atoms with Gasteiger partial charge in [-0.1, -0.05) is 35.1 Å². The minimum atomic E-state index is -0.196. The number of halogens is 1. The minimum Gasteiger partial charge on any atom is -0.503 e. The van der Waals surface area contributed by atoms with Gasteiger partial charge in [-0.3, -0.25) is 14.0 Å².